The quantitative estimate of drug-likeness (QED) is 0.845. The largest absolute Gasteiger partial charge is 0.481 e. The predicted molar refractivity (Wildman–Crippen MR) is 84.7 cm³/mol. The van der Waals surface area contributed by atoms with Crippen molar-refractivity contribution in [3.05, 3.63) is 23.8 Å². The van der Waals surface area contributed by atoms with Crippen LogP contribution < -0.4 is 4.90 Å². The van der Waals surface area contributed by atoms with Crippen molar-refractivity contribution in [1.29, 1.82) is 5.26 Å². The molecule has 1 aromatic rings. The summed E-state index contributed by atoms with van der Waals surface area (Å²) in [4.78, 5) is 14.0. The molecule has 1 aromatic carbocycles. The Kier molecular flexibility index (Phi) is 5.51. The van der Waals surface area contributed by atoms with Gasteiger partial charge in [0.25, 0.3) is 0 Å². The molecular weight excluding hydrogens is 284 g/mol. The first kappa shape index (κ1) is 15.7. The number of carboxylic acids is 1. The first-order valence-electron chi connectivity index (χ1n) is 7.28. The van der Waals surface area contributed by atoms with Crippen molar-refractivity contribution in [3.8, 4) is 6.07 Å². The minimum absolute atomic E-state index is 0.255. The van der Waals surface area contributed by atoms with E-state index in [1.165, 1.54) is 0 Å². The molecule has 0 spiro atoms. The summed E-state index contributed by atoms with van der Waals surface area (Å²) in [5.74, 6) is 0.490. The highest BCUT2D eigenvalue weighted by molar-refractivity contribution is 7.99. The van der Waals surface area contributed by atoms with Gasteiger partial charge in [-0.1, -0.05) is 13.0 Å². The molecule has 4 nitrogen and oxygen atoms in total. The summed E-state index contributed by atoms with van der Waals surface area (Å²) >= 11 is 1.69. The lowest BCUT2D eigenvalue weighted by atomic mass is 9.93. The number of carboxylic acid groups (broad SMARTS) is 1. The number of nitriles is 1. The minimum Gasteiger partial charge on any atom is -0.481 e. The van der Waals surface area contributed by atoms with Crippen LogP contribution in [-0.4, -0.2) is 29.9 Å². The van der Waals surface area contributed by atoms with Crippen LogP contribution in [0, 0.1) is 17.2 Å². The van der Waals surface area contributed by atoms with Gasteiger partial charge in [-0.3, -0.25) is 4.79 Å². The predicted octanol–water partition coefficient (Wildman–Crippen LogP) is 3.36. The second kappa shape index (κ2) is 7.37. The van der Waals surface area contributed by atoms with Gasteiger partial charge in [0.2, 0.25) is 0 Å². The zero-order valence-electron chi connectivity index (χ0n) is 12.2. The maximum atomic E-state index is 10.8. The molecule has 0 atom stereocenters. The number of carbonyl (C=O) groups is 1. The molecule has 0 saturated carbocycles. The van der Waals surface area contributed by atoms with E-state index in [-0.39, 0.29) is 12.3 Å². The van der Waals surface area contributed by atoms with Gasteiger partial charge in [0.1, 0.15) is 6.07 Å². The third-order valence-electron chi connectivity index (χ3n) is 3.83. The van der Waals surface area contributed by atoms with Crippen molar-refractivity contribution in [2.75, 3.05) is 23.7 Å². The monoisotopic (exact) mass is 304 g/mol. The summed E-state index contributed by atoms with van der Waals surface area (Å²) in [5.41, 5.74) is 1.74. The van der Waals surface area contributed by atoms with Crippen molar-refractivity contribution < 1.29 is 9.90 Å². The van der Waals surface area contributed by atoms with E-state index in [9.17, 15) is 10.1 Å². The number of anilines is 1. The molecule has 0 unspecified atom stereocenters. The number of nitrogens with zero attached hydrogens (tertiary/aromatic N) is 2. The zero-order chi connectivity index (χ0) is 15.2. The lowest BCUT2D eigenvalue weighted by Crippen LogP contribution is -2.34. The number of hydrogen-bond donors (Lipinski definition) is 1. The number of benzene rings is 1. The van der Waals surface area contributed by atoms with Crippen molar-refractivity contribution in [1.82, 2.24) is 0 Å². The molecule has 1 heterocycles. The maximum absolute atomic E-state index is 10.8. The molecule has 1 saturated heterocycles. The zero-order valence-corrected chi connectivity index (χ0v) is 13.0. The number of aliphatic carboxylic acids is 1. The van der Waals surface area contributed by atoms with Gasteiger partial charge in [-0.05, 0) is 36.6 Å². The van der Waals surface area contributed by atoms with E-state index in [4.69, 9.17) is 5.11 Å². The molecule has 1 aliphatic rings. The van der Waals surface area contributed by atoms with Gasteiger partial charge in [0.15, 0.2) is 0 Å². The van der Waals surface area contributed by atoms with Crippen molar-refractivity contribution >= 4 is 23.4 Å². The number of rotatable bonds is 5. The summed E-state index contributed by atoms with van der Waals surface area (Å²) in [5, 5.41) is 18.3. The first-order chi connectivity index (χ1) is 10.2. The second-order valence-corrected chi connectivity index (χ2v) is 6.53. The molecule has 1 aliphatic heterocycles. The van der Waals surface area contributed by atoms with Crippen molar-refractivity contribution in [3.63, 3.8) is 0 Å². The molecule has 1 N–H and O–H groups in total. The Morgan fingerprint density at radius 1 is 1.48 bits per heavy atom. The number of hydrogen-bond acceptors (Lipinski definition) is 4. The lowest BCUT2D eigenvalue weighted by Gasteiger charge is -2.33. The highest BCUT2D eigenvalue weighted by atomic mass is 32.2. The first-order valence-corrected chi connectivity index (χ1v) is 8.27. The van der Waals surface area contributed by atoms with Crippen LogP contribution in [0.2, 0.25) is 0 Å². The van der Waals surface area contributed by atoms with Gasteiger partial charge in [-0.15, -0.1) is 11.8 Å². The second-order valence-electron chi connectivity index (χ2n) is 5.22. The van der Waals surface area contributed by atoms with Crippen LogP contribution in [0.4, 0.5) is 5.69 Å². The third-order valence-corrected chi connectivity index (χ3v) is 4.77. The van der Waals surface area contributed by atoms with Gasteiger partial charge in [-0.2, -0.15) is 5.26 Å². The van der Waals surface area contributed by atoms with E-state index in [1.54, 1.807) is 11.8 Å². The molecule has 0 radical (unpaired) electrons. The summed E-state index contributed by atoms with van der Waals surface area (Å²) in [6.07, 6.45) is 2.01. The molecule has 5 heteroatoms. The van der Waals surface area contributed by atoms with Gasteiger partial charge in [0, 0.05) is 24.4 Å². The molecule has 0 aliphatic carbocycles. The summed E-state index contributed by atoms with van der Waals surface area (Å²) < 4.78 is 0. The molecule has 0 aromatic heterocycles. The summed E-state index contributed by atoms with van der Waals surface area (Å²) in [7, 11) is 0. The smallest absolute Gasteiger partial charge is 0.303 e. The van der Waals surface area contributed by atoms with Crippen molar-refractivity contribution in [2.24, 2.45) is 5.92 Å². The van der Waals surface area contributed by atoms with Gasteiger partial charge in [-0.25, -0.2) is 0 Å². The molecule has 0 amide bonds. The van der Waals surface area contributed by atoms with Gasteiger partial charge in [0.05, 0.1) is 11.3 Å². The fraction of sp³-hybridized carbons (Fsp3) is 0.500. The number of thioether (sulfide) groups is 1. The highest BCUT2D eigenvalue weighted by Crippen LogP contribution is 2.33. The number of piperidine rings is 1. The van der Waals surface area contributed by atoms with Crippen LogP contribution in [0.25, 0.3) is 0 Å². The fourth-order valence-corrected chi connectivity index (χ4v) is 3.58. The topological polar surface area (TPSA) is 64.3 Å². The van der Waals surface area contributed by atoms with E-state index < -0.39 is 5.97 Å². The van der Waals surface area contributed by atoms with Crippen molar-refractivity contribution in [2.45, 2.75) is 31.1 Å². The molecular formula is C16H20N2O2S. The van der Waals surface area contributed by atoms with Crippen LogP contribution in [0.5, 0.6) is 0 Å². The summed E-state index contributed by atoms with van der Waals surface area (Å²) in [6.45, 7) is 3.73. The average Bonchev–Trinajstić information content (AvgIpc) is 2.47. The minimum atomic E-state index is -0.715. The molecule has 0 bridgehead atoms. The Bertz CT molecular complexity index is 546. The summed E-state index contributed by atoms with van der Waals surface area (Å²) in [6, 6.07) is 8.32. The van der Waals surface area contributed by atoms with E-state index in [1.807, 2.05) is 18.2 Å². The molecule has 21 heavy (non-hydrogen) atoms. The molecule has 1 fully saturated rings. The van der Waals surface area contributed by atoms with E-state index >= 15 is 0 Å². The Morgan fingerprint density at radius 2 is 2.19 bits per heavy atom. The maximum Gasteiger partial charge on any atom is 0.303 e. The van der Waals surface area contributed by atoms with Crippen LogP contribution in [0.1, 0.15) is 31.7 Å². The Hall–Kier alpha value is -1.67. The molecule has 2 rings (SSSR count). The van der Waals surface area contributed by atoms with Gasteiger partial charge >= 0.3 is 5.97 Å². The fourth-order valence-electron chi connectivity index (χ4n) is 2.80. The normalized spacial score (nSPS) is 15.7. The van der Waals surface area contributed by atoms with E-state index in [2.05, 4.69) is 17.9 Å². The van der Waals surface area contributed by atoms with E-state index in [0.29, 0.717) is 0 Å². The third kappa shape index (κ3) is 3.92. The van der Waals surface area contributed by atoms with Crippen LogP contribution in [0.15, 0.2) is 23.1 Å². The average molecular weight is 304 g/mol. The highest BCUT2D eigenvalue weighted by Gasteiger charge is 2.23. The van der Waals surface area contributed by atoms with Crippen LogP contribution in [-0.2, 0) is 4.79 Å². The lowest BCUT2D eigenvalue weighted by molar-refractivity contribution is -0.138. The Balaban J connectivity index is 2.11. The standard InChI is InChI=1S/C16H20N2O2S/c1-2-21-15-5-3-4-14(13(15)11-17)18-8-6-12(7-9-18)10-16(19)20/h3-5,12H,2,6-10H2,1H3,(H,19,20). The van der Waals surface area contributed by atoms with Crippen LogP contribution >= 0.6 is 11.8 Å². The SMILES string of the molecule is CCSc1cccc(N2CCC(CC(=O)O)CC2)c1C#N. The van der Waals surface area contributed by atoms with Crippen LogP contribution in [0.3, 0.4) is 0 Å². The molecule has 112 valence electrons. The Morgan fingerprint density at radius 3 is 2.76 bits per heavy atom. The Labute approximate surface area is 129 Å². The van der Waals surface area contributed by atoms with E-state index in [0.717, 1.165) is 47.8 Å². The van der Waals surface area contributed by atoms with Gasteiger partial charge < -0.3 is 10.0 Å².